The first-order valence-corrected chi connectivity index (χ1v) is 8.05. The quantitative estimate of drug-likeness (QED) is 0.873. The van der Waals surface area contributed by atoms with Crippen LogP contribution in [0.5, 0.6) is 0 Å². The van der Waals surface area contributed by atoms with E-state index in [-0.39, 0.29) is 24.0 Å². The first-order valence-electron chi connectivity index (χ1n) is 6.48. The maximum atomic E-state index is 11.8. The van der Waals surface area contributed by atoms with E-state index in [1.807, 2.05) is 0 Å². The molecule has 0 atom stereocenters. The molecule has 3 rings (SSSR count). The average Bonchev–Trinajstić information content (AvgIpc) is 3.12. The molecular formula is C12H12Cl2N4O2S. The van der Waals surface area contributed by atoms with Crippen molar-refractivity contribution >= 4 is 46.6 Å². The summed E-state index contributed by atoms with van der Waals surface area (Å²) in [5.74, 6) is 0.222. The number of aromatic nitrogens is 2. The van der Waals surface area contributed by atoms with E-state index in [1.54, 1.807) is 6.07 Å². The molecule has 0 unspecified atom stereocenters. The van der Waals surface area contributed by atoms with Crippen LogP contribution in [0.3, 0.4) is 0 Å². The molecule has 21 heavy (non-hydrogen) atoms. The Balaban J connectivity index is 1.64. The molecule has 2 aromatic rings. The van der Waals surface area contributed by atoms with Gasteiger partial charge in [0.2, 0.25) is 0 Å². The molecule has 9 heteroatoms. The number of anilines is 1. The van der Waals surface area contributed by atoms with E-state index in [1.165, 1.54) is 11.3 Å². The zero-order valence-electron chi connectivity index (χ0n) is 10.9. The third kappa shape index (κ3) is 3.48. The molecule has 2 heterocycles. The van der Waals surface area contributed by atoms with Gasteiger partial charge in [-0.3, -0.25) is 5.32 Å². The van der Waals surface area contributed by atoms with Gasteiger partial charge in [-0.2, -0.15) is 0 Å². The molecule has 0 saturated heterocycles. The molecule has 0 radical (unpaired) electrons. The van der Waals surface area contributed by atoms with Crippen molar-refractivity contribution in [2.24, 2.45) is 0 Å². The van der Waals surface area contributed by atoms with Crippen LogP contribution in [-0.4, -0.2) is 22.3 Å². The van der Waals surface area contributed by atoms with Crippen LogP contribution in [0.15, 0.2) is 10.5 Å². The van der Waals surface area contributed by atoms with Gasteiger partial charge in [-0.05, 0) is 18.9 Å². The van der Waals surface area contributed by atoms with Gasteiger partial charge in [0.1, 0.15) is 4.34 Å². The fourth-order valence-corrected chi connectivity index (χ4v) is 3.71. The summed E-state index contributed by atoms with van der Waals surface area (Å²) in [6, 6.07) is 1.55. The van der Waals surface area contributed by atoms with Crippen LogP contribution < -0.4 is 10.6 Å². The zero-order valence-corrected chi connectivity index (χ0v) is 13.2. The molecule has 2 N–H and O–H groups in total. The summed E-state index contributed by atoms with van der Waals surface area (Å²) < 4.78 is 6.36. The Hall–Kier alpha value is -1.31. The van der Waals surface area contributed by atoms with Crippen LogP contribution in [0.4, 0.5) is 10.8 Å². The highest BCUT2D eigenvalue weighted by Gasteiger charge is 2.19. The predicted molar refractivity (Wildman–Crippen MR) is 82.0 cm³/mol. The normalized spacial score (nSPS) is 15.3. The summed E-state index contributed by atoms with van der Waals surface area (Å²) in [5.41, 5.74) is 0.559. The predicted octanol–water partition coefficient (Wildman–Crippen LogP) is 4.17. The van der Waals surface area contributed by atoms with Crippen molar-refractivity contribution in [3.05, 3.63) is 14.7 Å². The van der Waals surface area contributed by atoms with E-state index in [9.17, 15) is 4.79 Å². The molecular weight excluding hydrogens is 335 g/mol. The maximum Gasteiger partial charge on any atom is 0.324 e. The van der Waals surface area contributed by atoms with E-state index < -0.39 is 0 Å². The number of urea groups is 1. The average molecular weight is 347 g/mol. The lowest BCUT2D eigenvalue weighted by molar-refractivity contribution is 0.248. The molecule has 1 saturated carbocycles. The summed E-state index contributed by atoms with van der Waals surface area (Å²) in [7, 11) is 0. The van der Waals surface area contributed by atoms with Crippen molar-refractivity contribution in [2.45, 2.75) is 31.7 Å². The Bertz CT molecular complexity index is 651. The molecule has 0 aliphatic heterocycles. The molecule has 0 spiro atoms. The Morgan fingerprint density at radius 2 is 2.10 bits per heavy atom. The highest BCUT2D eigenvalue weighted by Crippen LogP contribution is 2.37. The smallest absolute Gasteiger partial charge is 0.324 e. The fraction of sp³-hybridized carbons (Fsp3) is 0.417. The van der Waals surface area contributed by atoms with Crippen LogP contribution in [-0.2, 0) is 0 Å². The van der Waals surface area contributed by atoms with Crippen molar-refractivity contribution in [2.75, 3.05) is 5.32 Å². The minimum absolute atomic E-state index is 0.0267. The Labute approximate surface area is 134 Å². The van der Waals surface area contributed by atoms with Gasteiger partial charge < -0.3 is 9.73 Å². The summed E-state index contributed by atoms with van der Waals surface area (Å²) >= 11 is 13.1. The largest absolute Gasteiger partial charge is 0.403 e. The van der Waals surface area contributed by atoms with Crippen molar-refractivity contribution < 1.29 is 9.21 Å². The molecule has 112 valence electrons. The lowest BCUT2D eigenvalue weighted by Crippen LogP contribution is -2.36. The highest BCUT2D eigenvalue weighted by atomic mass is 35.5. The van der Waals surface area contributed by atoms with Gasteiger partial charge in [-0.25, -0.2) is 4.79 Å². The first-order chi connectivity index (χ1) is 10.1. The topological polar surface area (TPSA) is 80.1 Å². The Morgan fingerprint density at radius 3 is 2.76 bits per heavy atom. The van der Waals surface area contributed by atoms with E-state index in [4.69, 9.17) is 27.6 Å². The number of nitrogens with one attached hydrogen (secondary N) is 2. The summed E-state index contributed by atoms with van der Waals surface area (Å²) in [5, 5.41) is 13.0. The second kappa shape index (κ2) is 6.21. The van der Waals surface area contributed by atoms with Crippen LogP contribution in [0.25, 0.3) is 11.5 Å². The third-order valence-corrected chi connectivity index (χ3v) is 4.71. The van der Waals surface area contributed by atoms with Crippen molar-refractivity contribution in [1.29, 1.82) is 0 Å². The summed E-state index contributed by atoms with van der Waals surface area (Å²) in [6.45, 7) is 0. The van der Waals surface area contributed by atoms with Gasteiger partial charge >= 0.3 is 12.0 Å². The Kier molecular flexibility index (Phi) is 4.32. The zero-order chi connectivity index (χ0) is 14.8. The number of thiophene rings is 1. The number of amides is 2. The molecule has 1 fully saturated rings. The van der Waals surface area contributed by atoms with E-state index >= 15 is 0 Å². The van der Waals surface area contributed by atoms with Crippen molar-refractivity contribution in [1.82, 2.24) is 15.5 Å². The standard InChI is InChI=1S/C12H12Cl2N4O2S/c13-8-5-7(9(14)21-8)10-17-18-12(20-10)16-11(19)15-6-3-1-2-4-6/h5-6H,1-4H2,(H2,15,16,18,19). The van der Waals surface area contributed by atoms with Crippen LogP contribution in [0, 0.1) is 0 Å². The fourth-order valence-electron chi connectivity index (χ4n) is 2.26. The van der Waals surface area contributed by atoms with Crippen molar-refractivity contribution in [3.8, 4) is 11.5 Å². The van der Waals surface area contributed by atoms with Crippen molar-refractivity contribution in [3.63, 3.8) is 0 Å². The van der Waals surface area contributed by atoms with Gasteiger partial charge in [0, 0.05) is 6.04 Å². The number of halogens is 2. The van der Waals surface area contributed by atoms with Crippen LogP contribution >= 0.6 is 34.5 Å². The molecule has 0 aromatic carbocycles. The van der Waals surface area contributed by atoms with Gasteiger partial charge in [-0.15, -0.1) is 16.4 Å². The number of hydrogen-bond donors (Lipinski definition) is 2. The van der Waals surface area contributed by atoms with Crippen LogP contribution in [0.2, 0.25) is 8.67 Å². The van der Waals surface area contributed by atoms with Gasteiger partial charge in [0.05, 0.1) is 9.90 Å². The molecule has 0 bridgehead atoms. The molecule has 2 aromatic heterocycles. The highest BCUT2D eigenvalue weighted by molar-refractivity contribution is 7.20. The third-order valence-electron chi connectivity index (χ3n) is 3.22. The molecule has 6 nitrogen and oxygen atoms in total. The number of carbonyl (C=O) groups is 1. The lowest BCUT2D eigenvalue weighted by atomic mass is 10.3. The van der Waals surface area contributed by atoms with Gasteiger partial charge in [0.15, 0.2) is 0 Å². The van der Waals surface area contributed by atoms with E-state index in [0.717, 1.165) is 25.7 Å². The van der Waals surface area contributed by atoms with Crippen LogP contribution in [0.1, 0.15) is 25.7 Å². The van der Waals surface area contributed by atoms with E-state index in [2.05, 4.69) is 20.8 Å². The first kappa shape index (κ1) is 14.6. The summed E-state index contributed by atoms with van der Waals surface area (Å²) in [6.07, 6.45) is 4.30. The summed E-state index contributed by atoms with van der Waals surface area (Å²) in [4.78, 5) is 11.8. The van der Waals surface area contributed by atoms with E-state index in [0.29, 0.717) is 14.2 Å². The Morgan fingerprint density at radius 1 is 1.33 bits per heavy atom. The SMILES string of the molecule is O=C(Nc1nnc(-c2cc(Cl)sc2Cl)o1)NC1CCCC1. The maximum absolute atomic E-state index is 11.8. The number of hydrogen-bond acceptors (Lipinski definition) is 5. The second-order valence-electron chi connectivity index (χ2n) is 4.73. The minimum Gasteiger partial charge on any atom is -0.403 e. The molecule has 1 aliphatic rings. The van der Waals surface area contributed by atoms with Gasteiger partial charge in [0.25, 0.3) is 5.89 Å². The molecule has 2 amide bonds. The van der Waals surface area contributed by atoms with Gasteiger partial charge in [-0.1, -0.05) is 41.1 Å². The number of rotatable bonds is 3. The molecule has 1 aliphatic carbocycles. The number of carbonyl (C=O) groups excluding carboxylic acids is 1. The second-order valence-corrected chi connectivity index (χ2v) is 7.02. The number of nitrogens with zero attached hydrogens (tertiary/aromatic N) is 2. The monoisotopic (exact) mass is 346 g/mol. The lowest BCUT2D eigenvalue weighted by Gasteiger charge is -2.10. The minimum atomic E-state index is -0.341.